The average Bonchev–Trinajstić information content (AvgIpc) is 3.30. The first-order valence-electron chi connectivity index (χ1n) is 13.6. The molecule has 0 amide bonds. The first kappa shape index (κ1) is 27.0. The minimum absolute atomic E-state index is 0.173. The van der Waals surface area contributed by atoms with E-state index >= 15 is 0 Å². The van der Waals surface area contributed by atoms with E-state index in [1.165, 1.54) is 0 Å². The molecule has 0 aromatic heterocycles. The molecule has 216 valence electrons. The van der Waals surface area contributed by atoms with E-state index in [4.69, 9.17) is 28.4 Å². The van der Waals surface area contributed by atoms with Crippen molar-refractivity contribution in [1.82, 2.24) is 4.90 Å². The van der Waals surface area contributed by atoms with Gasteiger partial charge >= 0.3 is 18.1 Å². The third kappa shape index (κ3) is 4.01. The molecule has 3 aliphatic heterocycles. The van der Waals surface area contributed by atoms with Crippen molar-refractivity contribution in [2.24, 2.45) is 0 Å². The smallest absolute Gasteiger partial charge is 0.477 e. The summed E-state index contributed by atoms with van der Waals surface area (Å²) in [5, 5.41) is 12.4. The number of aliphatic hydroxyl groups is 1. The maximum Gasteiger partial charge on any atom is 0.514 e. The van der Waals surface area contributed by atoms with E-state index in [0.29, 0.717) is 25.1 Å². The van der Waals surface area contributed by atoms with Gasteiger partial charge in [0.1, 0.15) is 11.4 Å². The number of esters is 2. The van der Waals surface area contributed by atoms with Gasteiger partial charge in [-0.1, -0.05) is 6.07 Å². The standard InChI is InChI=1S/C29H35NO10/c1-26(2,3)40-25(33)36-16-8-7-15-13-19-29(34)10-9-17(35-20(31)14-18-24(32)39-27(4,5)38-18)23-28(29,11-12-30(19)6)21(15)22(16)37-23/h7-9,18-19,23,34H,10-14H2,1-6H3/t18-,19-,23-,28-,29+/m0/s1. The Morgan fingerprint density at radius 1 is 1.20 bits per heavy atom. The summed E-state index contributed by atoms with van der Waals surface area (Å²) in [7, 11) is 1.99. The van der Waals surface area contributed by atoms with Crippen LogP contribution in [0.4, 0.5) is 4.79 Å². The normalized spacial score (nSPS) is 33.3. The number of ether oxygens (including phenoxy) is 6. The van der Waals surface area contributed by atoms with Crippen molar-refractivity contribution in [3.05, 3.63) is 35.1 Å². The first-order chi connectivity index (χ1) is 18.6. The van der Waals surface area contributed by atoms with E-state index in [1.54, 1.807) is 46.8 Å². The Hall–Kier alpha value is -3.15. The predicted molar refractivity (Wildman–Crippen MR) is 138 cm³/mol. The molecule has 6 rings (SSSR count). The highest BCUT2D eigenvalue weighted by atomic mass is 16.8. The summed E-state index contributed by atoms with van der Waals surface area (Å²) in [5.41, 5.74) is -1.15. The predicted octanol–water partition coefficient (Wildman–Crippen LogP) is 2.89. The topological polar surface area (TPSA) is 130 Å². The molecule has 1 aromatic carbocycles. The number of piperidine rings is 1. The highest BCUT2D eigenvalue weighted by Crippen LogP contribution is 2.65. The molecule has 11 nitrogen and oxygen atoms in total. The van der Waals surface area contributed by atoms with E-state index < -0.39 is 52.7 Å². The Bertz CT molecular complexity index is 1330. The summed E-state index contributed by atoms with van der Waals surface area (Å²) in [5.74, 6) is -1.68. The van der Waals surface area contributed by atoms with Crippen LogP contribution in [-0.4, -0.2) is 76.9 Å². The second-order valence-electron chi connectivity index (χ2n) is 12.8. The molecule has 40 heavy (non-hydrogen) atoms. The van der Waals surface area contributed by atoms with E-state index in [0.717, 1.165) is 11.1 Å². The second-order valence-corrected chi connectivity index (χ2v) is 12.8. The van der Waals surface area contributed by atoms with E-state index in [-0.39, 0.29) is 30.4 Å². The van der Waals surface area contributed by atoms with Gasteiger partial charge in [-0.15, -0.1) is 0 Å². The lowest BCUT2D eigenvalue weighted by atomic mass is 9.50. The SMILES string of the molecule is CN1CC[C@]23c4c5ccc(OC(=O)OC(C)(C)C)c4O[C@H]2C(OC(=O)C[C@@H]2OC(C)(C)OC2=O)=CC[C@@]3(O)[C@@H]1C5. The van der Waals surface area contributed by atoms with Crippen LogP contribution in [0.1, 0.15) is 65.0 Å². The van der Waals surface area contributed by atoms with Crippen LogP contribution in [0, 0.1) is 0 Å². The van der Waals surface area contributed by atoms with Gasteiger partial charge in [-0.05, 0) is 64.9 Å². The number of carbonyl (C=O) groups is 3. The Morgan fingerprint density at radius 2 is 1.95 bits per heavy atom. The number of rotatable bonds is 4. The molecule has 5 aliphatic rings. The highest BCUT2D eigenvalue weighted by Gasteiger charge is 2.72. The van der Waals surface area contributed by atoms with Crippen molar-refractivity contribution < 1.29 is 47.9 Å². The maximum absolute atomic E-state index is 13.0. The van der Waals surface area contributed by atoms with Crippen molar-refractivity contribution in [3.8, 4) is 11.5 Å². The minimum Gasteiger partial charge on any atom is -0.477 e. The van der Waals surface area contributed by atoms with Crippen molar-refractivity contribution in [1.29, 1.82) is 0 Å². The third-order valence-corrected chi connectivity index (χ3v) is 8.54. The number of benzene rings is 1. The number of likely N-dealkylation sites (N-methyl/N-ethyl adjacent to an activating group) is 1. The summed E-state index contributed by atoms with van der Waals surface area (Å²) in [6.07, 6.45) is -0.104. The summed E-state index contributed by atoms with van der Waals surface area (Å²) in [4.78, 5) is 40.0. The van der Waals surface area contributed by atoms with Gasteiger partial charge < -0.3 is 38.4 Å². The number of likely N-dealkylation sites (tertiary alicyclic amines) is 1. The van der Waals surface area contributed by atoms with Gasteiger partial charge in [0, 0.05) is 31.9 Å². The Kier molecular flexibility index (Phi) is 5.86. The molecule has 2 saturated heterocycles. The van der Waals surface area contributed by atoms with Gasteiger partial charge in [0.05, 0.1) is 17.4 Å². The minimum atomic E-state index is -1.22. The van der Waals surface area contributed by atoms with Crippen LogP contribution in [-0.2, 0) is 40.4 Å². The lowest BCUT2D eigenvalue weighted by molar-refractivity contribution is -0.171. The van der Waals surface area contributed by atoms with Crippen LogP contribution < -0.4 is 9.47 Å². The van der Waals surface area contributed by atoms with Gasteiger partial charge in [0.15, 0.2) is 23.7 Å². The molecule has 1 spiro atoms. The quantitative estimate of drug-likeness (QED) is 0.333. The number of hydrogen-bond acceptors (Lipinski definition) is 11. The number of cyclic esters (lactones) is 1. The fourth-order valence-corrected chi connectivity index (χ4v) is 7.04. The first-order valence-corrected chi connectivity index (χ1v) is 13.6. The molecule has 0 unspecified atom stereocenters. The molecule has 5 atom stereocenters. The largest absolute Gasteiger partial charge is 0.514 e. The molecule has 2 aliphatic carbocycles. The Balaban J connectivity index is 1.35. The zero-order valence-corrected chi connectivity index (χ0v) is 23.6. The fourth-order valence-electron chi connectivity index (χ4n) is 7.04. The molecular formula is C29H35NO10. The zero-order valence-electron chi connectivity index (χ0n) is 23.6. The molecule has 2 bridgehead atoms. The Labute approximate surface area is 232 Å². The van der Waals surface area contributed by atoms with E-state index in [1.807, 2.05) is 13.1 Å². The van der Waals surface area contributed by atoms with E-state index in [9.17, 15) is 19.5 Å². The van der Waals surface area contributed by atoms with Crippen molar-refractivity contribution >= 4 is 18.1 Å². The summed E-state index contributed by atoms with van der Waals surface area (Å²) < 4.78 is 34.0. The molecule has 3 heterocycles. The third-order valence-electron chi connectivity index (χ3n) is 8.54. The van der Waals surface area contributed by atoms with Crippen molar-refractivity contribution in [3.63, 3.8) is 0 Å². The van der Waals surface area contributed by atoms with Gasteiger partial charge in [0.25, 0.3) is 0 Å². The van der Waals surface area contributed by atoms with Crippen LogP contribution >= 0.6 is 0 Å². The Morgan fingerprint density at radius 3 is 2.62 bits per heavy atom. The van der Waals surface area contributed by atoms with Gasteiger partial charge in [-0.25, -0.2) is 9.59 Å². The summed E-state index contributed by atoms with van der Waals surface area (Å²) >= 11 is 0. The maximum atomic E-state index is 13.0. The van der Waals surface area contributed by atoms with Crippen molar-refractivity contribution in [2.75, 3.05) is 13.6 Å². The lowest BCUT2D eigenvalue weighted by Gasteiger charge is -2.61. The van der Waals surface area contributed by atoms with Crippen LogP contribution in [0.15, 0.2) is 24.0 Å². The zero-order chi connectivity index (χ0) is 28.8. The molecule has 1 aromatic rings. The highest BCUT2D eigenvalue weighted by molar-refractivity contribution is 5.83. The number of hydrogen-bond donors (Lipinski definition) is 1. The van der Waals surface area contributed by atoms with Gasteiger partial charge in [-0.3, -0.25) is 4.79 Å². The van der Waals surface area contributed by atoms with Gasteiger partial charge in [0.2, 0.25) is 5.79 Å². The van der Waals surface area contributed by atoms with Crippen molar-refractivity contribution in [2.45, 2.75) is 101 Å². The van der Waals surface area contributed by atoms with E-state index in [2.05, 4.69) is 4.90 Å². The molecular weight excluding hydrogens is 522 g/mol. The average molecular weight is 558 g/mol. The van der Waals surface area contributed by atoms with Crippen LogP contribution in [0.5, 0.6) is 11.5 Å². The van der Waals surface area contributed by atoms with Crippen LogP contribution in [0.3, 0.4) is 0 Å². The molecule has 0 saturated carbocycles. The monoisotopic (exact) mass is 557 g/mol. The van der Waals surface area contributed by atoms with Crippen LogP contribution in [0.2, 0.25) is 0 Å². The summed E-state index contributed by atoms with van der Waals surface area (Å²) in [6.45, 7) is 9.10. The lowest BCUT2D eigenvalue weighted by Crippen LogP contribution is -2.74. The summed E-state index contributed by atoms with van der Waals surface area (Å²) in [6, 6.07) is 3.37. The number of carbonyl (C=O) groups excluding carboxylic acids is 3. The fraction of sp³-hybridized carbons (Fsp3) is 0.621. The second kappa shape index (κ2) is 8.67. The molecule has 0 radical (unpaired) electrons. The molecule has 1 N–H and O–H groups in total. The van der Waals surface area contributed by atoms with Gasteiger partial charge in [-0.2, -0.15) is 0 Å². The number of nitrogens with zero attached hydrogens (tertiary/aromatic N) is 1. The van der Waals surface area contributed by atoms with Crippen LogP contribution in [0.25, 0.3) is 0 Å². The molecule has 11 heteroatoms. The molecule has 2 fully saturated rings.